The van der Waals surface area contributed by atoms with Crippen molar-refractivity contribution in [1.82, 2.24) is 10.3 Å². The molecule has 5 nitrogen and oxygen atoms in total. The molecule has 5 heteroatoms. The summed E-state index contributed by atoms with van der Waals surface area (Å²) in [6.07, 6.45) is 2.23. The zero-order valence-electron chi connectivity index (χ0n) is 14.0. The quantitative estimate of drug-likeness (QED) is 0.879. The molecule has 3 rings (SSSR count). The number of carbonyl (C=O) groups is 2. The number of carbonyl (C=O) groups excluding carboxylic acids is 2. The summed E-state index contributed by atoms with van der Waals surface area (Å²) in [5.41, 5.74) is 3.91. The van der Waals surface area contributed by atoms with Crippen LogP contribution >= 0.6 is 0 Å². The first kappa shape index (κ1) is 16.2. The standard InChI is InChI=1S/C19H21N3O2/c1-13-6-5-8-17(14(13)2)22-11-9-16(19(22)24)18(23)21-12-15-7-3-4-10-20-15/h3-8,10,16H,9,11-12H2,1-2H3,(H,21,23)/t16-/m1/s1. The Morgan fingerprint density at radius 3 is 2.83 bits per heavy atom. The normalized spacial score (nSPS) is 17.2. The number of benzene rings is 1. The Labute approximate surface area is 141 Å². The van der Waals surface area contributed by atoms with Gasteiger partial charge in [-0.15, -0.1) is 0 Å². The fourth-order valence-electron chi connectivity index (χ4n) is 2.99. The maximum absolute atomic E-state index is 12.7. The Morgan fingerprint density at radius 1 is 1.25 bits per heavy atom. The van der Waals surface area contributed by atoms with Gasteiger partial charge in [-0.3, -0.25) is 14.6 Å². The van der Waals surface area contributed by atoms with E-state index in [0.29, 0.717) is 19.5 Å². The van der Waals surface area contributed by atoms with Gasteiger partial charge in [0.25, 0.3) is 0 Å². The van der Waals surface area contributed by atoms with Crippen molar-refractivity contribution in [2.24, 2.45) is 5.92 Å². The number of hydrogen-bond acceptors (Lipinski definition) is 3. The van der Waals surface area contributed by atoms with Gasteiger partial charge in [-0.05, 0) is 49.6 Å². The summed E-state index contributed by atoms with van der Waals surface area (Å²) in [6.45, 7) is 4.95. The Morgan fingerprint density at radius 2 is 2.08 bits per heavy atom. The number of nitrogens with zero attached hydrogens (tertiary/aromatic N) is 2. The fourth-order valence-corrected chi connectivity index (χ4v) is 2.99. The summed E-state index contributed by atoms with van der Waals surface area (Å²) in [7, 11) is 0. The zero-order valence-corrected chi connectivity index (χ0v) is 14.0. The molecule has 1 aromatic carbocycles. The van der Waals surface area contributed by atoms with Gasteiger partial charge in [0.15, 0.2) is 0 Å². The largest absolute Gasteiger partial charge is 0.350 e. The van der Waals surface area contributed by atoms with Gasteiger partial charge in [-0.25, -0.2) is 0 Å². The molecule has 1 atom stereocenters. The number of pyridine rings is 1. The number of aromatic nitrogens is 1. The molecular formula is C19H21N3O2. The predicted octanol–water partition coefficient (Wildman–Crippen LogP) is 2.37. The van der Waals surface area contributed by atoms with E-state index < -0.39 is 5.92 Å². The Balaban J connectivity index is 1.67. The molecule has 0 bridgehead atoms. The Hall–Kier alpha value is -2.69. The molecule has 124 valence electrons. The molecular weight excluding hydrogens is 302 g/mol. The summed E-state index contributed by atoms with van der Waals surface area (Å²) in [4.78, 5) is 30.9. The van der Waals surface area contributed by atoms with Crippen molar-refractivity contribution in [2.45, 2.75) is 26.8 Å². The van der Waals surface area contributed by atoms with Crippen LogP contribution < -0.4 is 10.2 Å². The Kier molecular flexibility index (Phi) is 4.60. The highest BCUT2D eigenvalue weighted by Gasteiger charge is 2.37. The first-order valence-electron chi connectivity index (χ1n) is 8.13. The lowest BCUT2D eigenvalue weighted by Crippen LogP contribution is -2.36. The highest BCUT2D eigenvalue weighted by atomic mass is 16.2. The van der Waals surface area contributed by atoms with E-state index in [1.54, 1.807) is 11.1 Å². The van der Waals surface area contributed by atoms with Crippen LogP contribution in [0.4, 0.5) is 5.69 Å². The Bertz CT molecular complexity index is 758. The van der Waals surface area contributed by atoms with E-state index in [1.165, 1.54) is 0 Å². The first-order valence-corrected chi connectivity index (χ1v) is 8.13. The average molecular weight is 323 g/mol. The van der Waals surface area contributed by atoms with Crippen LogP contribution in [0, 0.1) is 19.8 Å². The van der Waals surface area contributed by atoms with Gasteiger partial charge in [0.2, 0.25) is 11.8 Å². The fraction of sp³-hybridized carbons (Fsp3) is 0.316. The van der Waals surface area contributed by atoms with Crippen molar-refractivity contribution in [3.05, 3.63) is 59.4 Å². The minimum absolute atomic E-state index is 0.123. The third-order valence-corrected chi connectivity index (χ3v) is 4.56. The lowest BCUT2D eigenvalue weighted by molar-refractivity contribution is -0.132. The third kappa shape index (κ3) is 3.15. The SMILES string of the molecule is Cc1cccc(N2CC[C@H](C(=O)NCc3ccccn3)C2=O)c1C. The summed E-state index contributed by atoms with van der Waals surface area (Å²) < 4.78 is 0. The molecule has 0 radical (unpaired) electrons. The number of anilines is 1. The van der Waals surface area contributed by atoms with Crippen molar-refractivity contribution in [3.8, 4) is 0 Å². The predicted molar refractivity (Wildman–Crippen MR) is 92.5 cm³/mol. The van der Waals surface area contributed by atoms with E-state index in [0.717, 1.165) is 22.5 Å². The molecule has 0 saturated carbocycles. The first-order chi connectivity index (χ1) is 11.6. The van der Waals surface area contributed by atoms with Crippen LogP contribution in [0.15, 0.2) is 42.6 Å². The van der Waals surface area contributed by atoms with Gasteiger partial charge in [0, 0.05) is 18.4 Å². The van der Waals surface area contributed by atoms with Crippen molar-refractivity contribution in [2.75, 3.05) is 11.4 Å². The van der Waals surface area contributed by atoms with Crippen molar-refractivity contribution in [1.29, 1.82) is 0 Å². The highest BCUT2D eigenvalue weighted by molar-refractivity contribution is 6.09. The number of amides is 2. The molecule has 2 amide bonds. The molecule has 1 aliphatic rings. The summed E-state index contributed by atoms with van der Waals surface area (Å²) >= 11 is 0. The molecule has 2 heterocycles. The van der Waals surface area contributed by atoms with Crippen LogP contribution in [0.5, 0.6) is 0 Å². The van der Waals surface area contributed by atoms with Gasteiger partial charge < -0.3 is 10.2 Å². The minimum atomic E-state index is -0.617. The number of aryl methyl sites for hydroxylation is 1. The zero-order chi connectivity index (χ0) is 17.1. The van der Waals surface area contributed by atoms with E-state index in [1.807, 2.05) is 50.2 Å². The molecule has 1 saturated heterocycles. The van der Waals surface area contributed by atoms with Crippen molar-refractivity contribution in [3.63, 3.8) is 0 Å². The maximum Gasteiger partial charge on any atom is 0.239 e. The van der Waals surface area contributed by atoms with Crippen LogP contribution in [0.25, 0.3) is 0 Å². The van der Waals surface area contributed by atoms with E-state index in [2.05, 4.69) is 10.3 Å². The second kappa shape index (κ2) is 6.83. The van der Waals surface area contributed by atoms with Gasteiger partial charge in [-0.2, -0.15) is 0 Å². The minimum Gasteiger partial charge on any atom is -0.350 e. The molecule has 1 aromatic heterocycles. The molecule has 0 spiro atoms. The van der Waals surface area contributed by atoms with Crippen LogP contribution in [-0.4, -0.2) is 23.3 Å². The van der Waals surface area contributed by atoms with Crippen molar-refractivity contribution < 1.29 is 9.59 Å². The van der Waals surface area contributed by atoms with Gasteiger partial charge in [-0.1, -0.05) is 18.2 Å². The van der Waals surface area contributed by atoms with E-state index >= 15 is 0 Å². The lowest BCUT2D eigenvalue weighted by atomic mass is 10.1. The van der Waals surface area contributed by atoms with Gasteiger partial charge >= 0.3 is 0 Å². The number of rotatable bonds is 4. The van der Waals surface area contributed by atoms with E-state index in [4.69, 9.17) is 0 Å². The van der Waals surface area contributed by atoms with Crippen LogP contribution in [-0.2, 0) is 16.1 Å². The second-order valence-electron chi connectivity index (χ2n) is 6.09. The second-order valence-corrected chi connectivity index (χ2v) is 6.09. The van der Waals surface area contributed by atoms with Crippen LogP contribution in [0.2, 0.25) is 0 Å². The highest BCUT2D eigenvalue weighted by Crippen LogP contribution is 2.29. The molecule has 0 unspecified atom stereocenters. The molecule has 24 heavy (non-hydrogen) atoms. The number of hydrogen-bond donors (Lipinski definition) is 1. The maximum atomic E-state index is 12.7. The lowest BCUT2D eigenvalue weighted by Gasteiger charge is -2.20. The smallest absolute Gasteiger partial charge is 0.239 e. The average Bonchev–Trinajstić information content (AvgIpc) is 2.98. The molecule has 1 aliphatic heterocycles. The molecule has 2 aromatic rings. The van der Waals surface area contributed by atoms with Crippen molar-refractivity contribution >= 4 is 17.5 Å². The van der Waals surface area contributed by atoms with Crippen LogP contribution in [0.1, 0.15) is 23.2 Å². The van der Waals surface area contributed by atoms with E-state index in [9.17, 15) is 9.59 Å². The molecule has 1 N–H and O–H groups in total. The van der Waals surface area contributed by atoms with Crippen LogP contribution in [0.3, 0.4) is 0 Å². The summed E-state index contributed by atoms with van der Waals surface area (Å²) in [5.74, 6) is -0.964. The third-order valence-electron chi connectivity index (χ3n) is 4.56. The number of nitrogens with one attached hydrogen (secondary N) is 1. The molecule has 1 fully saturated rings. The summed E-state index contributed by atoms with van der Waals surface area (Å²) in [6, 6.07) is 11.5. The topological polar surface area (TPSA) is 62.3 Å². The van der Waals surface area contributed by atoms with Gasteiger partial charge in [0.1, 0.15) is 5.92 Å². The summed E-state index contributed by atoms with van der Waals surface area (Å²) in [5, 5.41) is 2.82. The van der Waals surface area contributed by atoms with E-state index in [-0.39, 0.29) is 11.8 Å². The van der Waals surface area contributed by atoms with Gasteiger partial charge in [0.05, 0.1) is 12.2 Å². The monoisotopic (exact) mass is 323 g/mol. The molecule has 0 aliphatic carbocycles.